The number of benzene rings is 2. The fourth-order valence-electron chi connectivity index (χ4n) is 9.18. The first kappa shape index (κ1) is 30.9. The Bertz CT molecular complexity index is 1690. The Labute approximate surface area is 254 Å². The Morgan fingerprint density at radius 1 is 0.953 bits per heavy atom. The molecule has 0 heterocycles. The topological polar surface area (TPSA) is 112 Å². The van der Waals surface area contributed by atoms with Crippen molar-refractivity contribution in [2.75, 3.05) is 0 Å². The quantitative estimate of drug-likeness (QED) is 0.261. The summed E-state index contributed by atoms with van der Waals surface area (Å²) in [6, 6.07) is 7.93. The number of aliphatic hydroxyl groups is 2. The second kappa shape index (κ2) is 9.75. The number of rotatable bonds is 4. The summed E-state index contributed by atoms with van der Waals surface area (Å²) in [5.41, 5.74) is 1.03. The minimum atomic E-state index is -2.54. The molecule has 2 aromatic carbocycles. The van der Waals surface area contributed by atoms with Gasteiger partial charge >= 0.3 is 0 Å². The molecule has 0 amide bonds. The van der Waals surface area contributed by atoms with Gasteiger partial charge in [0.15, 0.2) is 11.4 Å². The Hall–Kier alpha value is -3.51. The van der Waals surface area contributed by atoms with Crippen LogP contribution in [0.2, 0.25) is 0 Å². The zero-order valence-corrected chi connectivity index (χ0v) is 27.0. The molecule has 1 saturated carbocycles. The predicted molar refractivity (Wildman–Crippen MR) is 168 cm³/mol. The minimum Gasteiger partial charge on any atom is -0.507 e. The Balaban J connectivity index is 1.84. The average molecular weight is 585 g/mol. The number of allylic oxidation sites excluding steroid dienone is 1. The zero-order chi connectivity index (χ0) is 32.1. The standard InChI is InChI=1S/C37H44O6/c1-17(2)24-14-25(23-12-11-19(5)13-20(23)6)31(39)28-26(24)15-35(9)16-36(10)29(18(3)4)21(7)27(22(8)38)33(41)37(36,43)34(42)30(35)32(28)40/h11-14,17-18,29,39-40,43H,15-16H2,1-10H3/t29-,35+,36+,37-/m1/s1. The number of hydrogen-bond donors (Lipinski definition) is 3. The fraction of sp³-hybridized carbons (Fsp3) is 0.486. The van der Waals surface area contributed by atoms with Gasteiger partial charge in [0.05, 0.1) is 11.1 Å². The van der Waals surface area contributed by atoms with Crippen LogP contribution >= 0.6 is 0 Å². The van der Waals surface area contributed by atoms with E-state index in [0.717, 1.165) is 27.8 Å². The Morgan fingerprint density at radius 3 is 2.12 bits per heavy atom. The number of aryl methyl sites for hydroxylation is 2. The highest BCUT2D eigenvalue weighted by Crippen LogP contribution is 2.65. The number of carbonyl (C=O) groups is 3. The van der Waals surface area contributed by atoms with E-state index in [-0.39, 0.29) is 40.7 Å². The summed E-state index contributed by atoms with van der Waals surface area (Å²) in [6.07, 6.45) is 0.573. The van der Waals surface area contributed by atoms with E-state index in [2.05, 4.69) is 13.8 Å². The van der Waals surface area contributed by atoms with Crippen LogP contribution < -0.4 is 0 Å². The molecule has 0 unspecified atom stereocenters. The highest BCUT2D eigenvalue weighted by Gasteiger charge is 2.72. The Kier molecular flexibility index (Phi) is 7.01. The third-order valence-electron chi connectivity index (χ3n) is 10.6. The van der Waals surface area contributed by atoms with Gasteiger partial charge < -0.3 is 15.3 Å². The summed E-state index contributed by atoms with van der Waals surface area (Å²) >= 11 is 0. The first-order chi connectivity index (χ1) is 19.8. The molecule has 0 radical (unpaired) electrons. The van der Waals surface area contributed by atoms with Crippen molar-refractivity contribution in [3.05, 3.63) is 68.8 Å². The molecule has 6 nitrogen and oxygen atoms in total. The van der Waals surface area contributed by atoms with E-state index in [9.17, 15) is 29.7 Å². The molecule has 6 heteroatoms. The maximum absolute atomic E-state index is 14.7. The van der Waals surface area contributed by atoms with Crippen LogP contribution in [0.4, 0.5) is 0 Å². The molecule has 3 aliphatic rings. The molecule has 228 valence electrons. The molecule has 3 N–H and O–H groups in total. The number of phenols is 1. The molecular formula is C37H44O6. The largest absolute Gasteiger partial charge is 0.507 e. The lowest BCUT2D eigenvalue weighted by atomic mass is 9.42. The van der Waals surface area contributed by atoms with Crippen LogP contribution in [0.25, 0.3) is 16.9 Å². The number of Topliss-reactive ketones (excluding diaryl/α,β-unsaturated/α-hetero) is 3. The van der Waals surface area contributed by atoms with Crippen molar-refractivity contribution < 1.29 is 29.7 Å². The summed E-state index contributed by atoms with van der Waals surface area (Å²) in [4.78, 5) is 41.5. The van der Waals surface area contributed by atoms with Crippen molar-refractivity contribution in [3.8, 4) is 16.9 Å². The molecule has 0 spiro atoms. The van der Waals surface area contributed by atoms with E-state index in [1.54, 1.807) is 13.8 Å². The molecular weight excluding hydrogens is 540 g/mol. The normalized spacial score (nSPS) is 28.8. The predicted octanol–water partition coefficient (Wildman–Crippen LogP) is 7.10. The highest BCUT2D eigenvalue weighted by atomic mass is 16.3. The van der Waals surface area contributed by atoms with Crippen molar-refractivity contribution in [1.29, 1.82) is 0 Å². The third kappa shape index (κ3) is 3.98. The van der Waals surface area contributed by atoms with Crippen molar-refractivity contribution in [3.63, 3.8) is 0 Å². The van der Waals surface area contributed by atoms with Crippen LogP contribution in [0.3, 0.4) is 0 Å². The average Bonchev–Trinajstić information content (AvgIpc) is 2.86. The van der Waals surface area contributed by atoms with Crippen molar-refractivity contribution in [2.45, 2.75) is 93.6 Å². The van der Waals surface area contributed by atoms with Gasteiger partial charge in [-0.25, -0.2) is 0 Å². The minimum absolute atomic E-state index is 0.0478. The molecule has 0 aromatic heterocycles. The number of aliphatic hydroxyl groups excluding tert-OH is 1. The van der Waals surface area contributed by atoms with Crippen LogP contribution in [-0.4, -0.2) is 38.3 Å². The SMILES string of the molecule is CC(=O)C1=C(C)[C@@H](C(C)C)[C@]2(C)C[C@]3(C)Cc4c(C(C)C)cc(-c5ccc(C)cc5C)c(O)c4C(O)=C3C(=O)[C@]2(O)C1=O. The van der Waals surface area contributed by atoms with Crippen LogP contribution in [0.1, 0.15) is 95.5 Å². The van der Waals surface area contributed by atoms with Crippen LogP contribution in [0.5, 0.6) is 5.75 Å². The summed E-state index contributed by atoms with van der Waals surface area (Å²) in [6.45, 7) is 18.8. The summed E-state index contributed by atoms with van der Waals surface area (Å²) in [5.74, 6) is -3.27. The van der Waals surface area contributed by atoms with Gasteiger partial charge in [-0.2, -0.15) is 0 Å². The van der Waals surface area contributed by atoms with E-state index in [1.807, 2.05) is 58.9 Å². The van der Waals surface area contributed by atoms with Gasteiger partial charge in [0.25, 0.3) is 0 Å². The lowest BCUT2D eigenvalue weighted by molar-refractivity contribution is -0.180. The van der Waals surface area contributed by atoms with Crippen LogP contribution in [0.15, 0.2) is 41.0 Å². The lowest BCUT2D eigenvalue weighted by Gasteiger charge is -2.60. The second-order valence-electron chi connectivity index (χ2n) is 14.4. The van der Waals surface area contributed by atoms with E-state index in [0.29, 0.717) is 17.6 Å². The second-order valence-corrected chi connectivity index (χ2v) is 14.4. The first-order valence-electron chi connectivity index (χ1n) is 15.3. The summed E-state index contributed by atoms with van der Waals surface area (Å²) in [7, 11) is 0. The Morgan fingerprint density at radius 2 is 1.58 bits per heavy atom. The number of hydrogen-bond acceptors (Lipinski definition) is 6. The van der Waals surface area contributed by atoms with Crippen LogP contribution in [-0.2, 0) is 20.8 Å². The zero-order valence-electron chi connectivity index (χ0n) is 27.0. The van der Waals surface area contributed by atoms with Gasteiger partial charge in [-0.1, -0.05) is 70.9 Å². The van der Waals surface area contributed by atoms with Crippen LogP contribution in [0, 0.1) is 36.5 Å². The molecule has 0 saturated heterocycles. The molecule has 4 atom stereocenters. The number of fused-ring (bicyclic) bond motifs is 3. The summed E-state index contributed by atoms with van der Waals surface area (Å²) in [5, 5.41) is 36.2. The molecule has 43 heavy (non-hydrogen) atoms. The third-order valence-corrected chi connectivity index (χ3v) is 10.6. The van der Waals surface area contributed by atoms with E-state index in [1.165, 1.54) is 6.92 Å². The monoisotopic (exact) mass is 584 g/mol. The fourth-order valence-corrected chi connectivity index (χ4v) is 9.18. The van der Waals surface area contributed by atoms with E-state index in [4.69, 9.17) is 0 Å². The smallest absolute Gasteiger partial charge is 0.206 e. The maximum Gasteiger partial charge on any atom is 0.206 e. The van der Waals surface area contributed by atoms with Crippen molar-refractivity contribution >= 4 is 23.1 Å². The van der Waals surface area contributed by atoms with E-state index >= 15 is 0 Å². The van der Waals surface area contributed by atoms with Gasteiger partial charge in [0, 0.05) is 22.0 Å². The number of carbonyl (C=O) groups excluding carboxylic acids is 3. The number of aromatic hydroxyl groups is 1. The lowest BCUT2D eigenvalue weighted by Crippen LogP contribution is -2.70. The van der Waals surface area contributed by atoms with Gasteiger partial charge in [0.2, 0.25) is 11.6 Å². The highest BCUT2D eigenvalue weighted by molar-refractivity contribution is 6.33. The number of ketones is 3. The summed E-state index contributed by atoms with van der Waals surface area (Å²) < 4.78 is 0. The van der Waals surface area contributed by atoms with Crippen molar-refractivity contribution in [2.24, 2.45) is 22.7 Å². The first-order valence-corrected chi connectivity index (χ1v) is 15.3. The maximum atomic E-state index is 14.7. The molecule has 3 aliphatic carbocycles. The van der Waals surface area contributed by atoms with Gasteiger partial charge in [-0.05, 0) is 86.6 Å². The molecule has 2 aromatic rings. The van der Waals surface area contributed by atoms with Crippen molar-refractivity contribution in [1.82, 2.24) is 0 Å². The van der Waals surface area contributed by atoms with Gasteiger partial charge in [-0.3, -0.25) is 14.4 Å². The van der Waals surface area contributed by atoms with Gasteiger partial charge in [-0.15, -0.1) is 0 Å². The number of phenolic OH excluding ortho intramolecular Hbond substituents is 1. The molecule has 5 rings (SSSR count). The molecule has 1 fully saturated rings. The van der Waals surface area contributed by atoms with E-state index < -0.39 is 45.5 Å². The van der Waals surface area contributed by atoms with Gasteiger partial charge in [0.1, 0.15) is 11.5 Å². The molecule has 0 aliphatic heterocycles. The molecule has 0 bridgehead atoms.